The first-order chi connectivity index (χ1) is 14.2. The smallest absolute Gasteiger partial charge is 0.328 e. The first-order valence-electron chi connectivity index (χ1n) is 9.19. The number of carbonyl (C=O) groups excluding carboxylic acids is 2. The lowest BCUT2D eigenvalue weighted by atomic mass is 10.1. The lowest BCUT2D eigenvalue weighted by Gasteiger charge is -2.26. The summed E-state index contributed by atoms with van der Waals surface area (Å²) in [6.45, 7) is -0.526. The number of ether oxygens (including phenoxy) is 1. The summed E-state index contributed by atoms with van der Waals surface area (Å²) in [6, 6.07) is 11.8. The highest BCUT2D eigenvalue weighted by Gasteiger charge is 2.24. The van der Waals surface area contributed by atoms with E-state index in [1.54, 1.807) is 24.3 Å². The van der Waals surface area contributed by atoms with Gasteiger partial charge in [-0.05, 0) is 42.3 Å². The number of urea groups is 1. The molecule has 0 aromatic heterocycles. The number of sulfone groups is 1. The highest BCUT2D eigenvalue weighted by atomic mass is 32.2. The van der Waals surface area contributed by atoms with Gasteiger partial charge >= 0.3 is 6.03 Å². The van der Waals surface area contributed by atoms with Crippen molar-refractivity contribution < 1.29 is 31.5 Å². The van der Waals surface area contributed by atoms with E-state index >= 15 is 0 Å². The third-order valence-electron chi connectivity index (χ3n) is 4.50. The van der Waals surface area contributed by atoms with Gasteiger partial charge in [-0.1, -0.05) is 18.2 Å². The molecular weight excluding hydrogens is 418 g/mol. The summed E-state index contributed by atoms with van der Waals surface area (Å²) in [5.41, 5.74) is 1.36. The molecule has 1 heterocycles. The van der Waals surface area contributed by atoms with E-state index in [4.69, 9.17) is 4.74 Å². The minimum absolute atomic E-state index is 0.000501. The molecule has 1 saturated heterocycles. The number of imide groups is 1. The van der Waals surface area contributed by atoms with Crippen molar-refractivity contribution in [3.63, 3.8) is 0 Å². The molecular formula is C20H20F2N2O5S. The molecule has 2 aromatic carbocycles. The van der Waals surface area contributed by atoms with Crippen LogP contribution in [0.4, 0.5) is 19.3 Å². The van der Waals surface area contributed by atoms with E-state index in [0.29, 0.717) is 5.69 Å². The second-order valence-electron chi connectivity index (χ2n) is 6.67. The molecule has 3 amide bonds. The molecule has 30 heavy (non-hydrogen) atoms. The van der Waals surface area contributed by atoms with Crippen molar-refractivity contribution >= 4 is 27.5 Å². The Morgan fingerprint density at radius 2 is 1.83 bits per heavy atom. The number of amides is 3. The van der Waals surface area contributed by atoms with E-state index in [1.807, 2.05) is 0 Å². The van der Waals surface area contributed by atoms with Crippen LogP contribution in [0.1, 0.15) is 12.0 Å². The van der Waals surface area contributed by atoms with Gasteiger partial charge in [-0.15, -0.1) is 0 Å². The maximum absolute atomic E-state index is 12.6. The summed E-state index contributed by atoms with van der Waals surface area (Å²) in [5.74, 6) is -0.427. The molecule has 3 rings (SSSR count). The number of alkyl halides is 2. The average molecular weight is 438 g/mol. The minimum Gasteiger partial charge on any atom is -0.488 e. The first kappa shape index (κ1) is 21.7. The molecule has 7 nitrogen and oxygen atoms in total. The molecule has 2 aromatic rings. The quantitative estimate of drug-likeness (QED) is 0.684. The van der Waals surface area contributed by atoms with Crippen LogP contribution in [-0.4, -0.2) is 45.7 Å². The van der Waals surface area contributed by atoms with Crippen LogP contribution in [0.15, 0.2) is 53.4 Å². The van der Waals surface area contributed by atoms with Crippen molar-refractivity contribution in [2.24, 2.45) is 0 Å². The molecule has 0 unspecified atom stereocenters. The number of halogens is 2. The van der Waals surface area contributed by atoms with Gasteiger partial charge in [0.25, 0.3) is 6.43 Å². The fraction of sp³-hybridized carbons (Fsp3) is 0.300. The maximum Gasteiger partial charge on any atom is 0.328 e. The molecule has 1 aliphatic rings. The fourth-order valence-corrected chi connectivity index (χ4v) is 4.26. The Kier molecular flexibility index (Phi) is 6.66. The van der Waals surface area contributed by atoms with Gasteiger partial charge in [0.15, 0.2) is 9.84 Å². The summed E-state index contributed by atoms with van der Waals surface area (Å²) in [6.07, 6.45) is -2.20. The largest absolute Gasteiger partial charge is 0.488 e. The highest BCUT2D eigenvalue weighted by molar-refractivity contribution is 7.91. The second-order valence-corrected chi connectivity index (χ2v) is 8.78. The molecule has 160 valence electrons. The number of aryl methyl sites for hydroxylation is 1. The van der Waals surface area contributed by atoms with Gasteiger partial charge in [0.05, 0.1) is 10.6 Å². The lowest BCUT2D eigenvalue weighted by Crippen LogP contribution is -2.49. The van der Waals surface area contributed by atoms with Crippen LogP contribution in [0.3, 0.4) is 0 Å². The van der Waals surface area contributed by atoms with E-state index in [2.05, 4.69) is 5.32 Å². The van der Waals surface area contributed by atoms with Gasteiger partial charge < -0.3 is 4.74 Å². The first-order valence-corrected chi connectivity index (χ1v) is 10.8. The number of rotatable bonds is 8. The summed E-state index contributed by atoms with van der Waals surface area (Å²) < 4.78 is 54.6. The van der Waals surface area contributed by atoms with Crippen molar-refractivity contribution in [1.82, 2.24) is 5.32 Å². The number of anilines is 1. The highest BCUT2D eigenvalue weighted by Crippen LogP contribution is 2.21. The maximum atomic E-state index is 12.6. The second kappa shape index (κ2) is 9.21. The summed E-state index contributed by atoms with van der Waals surface area (Å²) in [5, 5.41) is 2.24. The van der Waals surface area contributed by atoms with Crippen molar-refractivity contribution in [2.75, 3.05) is 23.8 Å². The monoisotopic (exact) mass is 438 g/mol. The number of nitrogens with zero attached hydrogens (tertiary/aromatic N) is 1. The molecule has 0 bridgehead atoms. The normalized spacial score (nSPS) is 14.7. The molecule has 1 fully saturated rings. The van der Waals surface area contributed by atoms with Gasteiger partial charge in [0.1, 0.15) is 12.4 Å². The van der Waals surface area contributed by atoms with Gasteiger partial charge in [0.2, 0.25) is 5.91 Å². The zero-order chi connectivity index (χ0) is 21.7. The Morgan fingerprint density at radius 3 is 2.50 bits per heavy atom. The van der Waals surface area contributed by atoms with Crippen LogP contribution in [-0.2, 0) is 21.1 Å². The van der Waals surface area contributed by atoms with Crippen molar-refractivity contribution in [3.8, 4) is 5.75 Å². The van der Waals surface area contributed by atoms with Crippen LogP contribution in [0, 0.1) is 0 Å². The Hall–Kier alpha value is -3.01. The van der Waals surface area contributed by atoms with E-state index in [0.717, 1.165) is 5.56 Å². The molecule has 1 N–H and O–H groups in total. The van der Waals surface area contributed by atoms with Crippen LogP contribution in [0.25, 0.3) is 0 Å². The SMILES string of the molecule is O=C1CCN(c2ccc(CCS(=O)(=O)c3cccc(OCC(F)F)c3)cc2)C(=O)N1. The topological polar surface area (TPSA) is 92.8 Å². The summed E-state index contributed by atoms with van der Waals surface area (Å²) in [4.78, 5) is 24.5. The molecule has 1 aliphatic heterocycles. The predicted molar refractivity (Wildman–Crippen MR) is 106 cm³/mol. The molecule has 0 spiro atoms. The Labute approximate surface area is 172 Å². The third kappa shape index (κ3) is 5.53. The van der Waals surface area contributed by atoms with E-state index in [1.165, 1.54) is 29.2 Å². The zero-order valence-electron chi connectivity index (χ0n) is 15.9. The van der Waals surface area contributed by atoms with E-state index in [-0.39, 0.29) is 41.7 Å². The third-order valence-corrected chi connectivity index (χ3v) is 6.22. The Bertz CT molecular complexity index is 1030. The van der Waals surface area contributed by atoms with Gasteiger partial charge in [-0.2, -0.15) is 0 Å². The lowest BCUT2D eigenvalue weighted by molar-refractivity contribution is -0.120. The number of hydrogen-bond acceptors (Lipinski definition) is 5. The van der Waals surface area contributed by atoms with Crippen molar-refractivity contribution in [3.05, 3.63) is 54.1 Å². The number of nitrogens with one attached hydrogen (secondary N) is 1. The van der Waals surface area contributed by atoms with Gasteiger partial charge in [0, 0.05) is 18.7 Å². The summed E-state index contributed by atoms with van der Waals surface area (Å²) in [7, 11) is -3.64. The van der Waals surface area contributed by atoms with Crippen LogP contribution in [0.5, 0.6) is 5.75 Å². The van der Waals surface area contributed by atoms with E-state index in [9.17, 15) is 26.8 Å². The molecule has 0 radical (unpaired) electrons. The number of carbonyl (C=O) groups is 2. The van der Waals surface area contributed by atoms with Crippen LogP contribution < -0.4 is 15.0 Å². The van der Waals surface area contributed by atoms with Crippen molar-refractivity contribution in [2.45, 2.75) is 24.2 Å². The van der Waals surface area contributed by atoms with Crippen LogP contribution >= 0.6 is 0 Å². The molecule has 0 saturated carbocycles. The fourth-order valence-electron chi connectivity index (χ4n) is 2.94. The predicted octanol–water partition coefficient (Wildman–Crippen LogP) is 2.79. The minimum atomic E-state index is -3.64. The van der Waals surface area contributed by atoms with Crippen molar-refractivity contribution in [1.29, 1.82) is 0 Å². The van der Waals surface area contributed by atoms with Crippen LogP contribution in [0.2, 0.25) is 0 Å². The Morgan fingerprint density at radius 1 is 1.10 bits per heavy atom. The molecule has 0 atom stereocenters. The van der Waals surface area contributed by atoms with Gasteiger partial charge in [-0.3, -0.25) is 15.0 Å². The average Bonchev–Trinajstić information content (AvgIpc) is 2.72. The molecule has 10 heteroatoms. The molecule has 0 aliphatic carbocycles. The zero-order valence-corrected chi connectivity index (χ0v) is 16.7. The standard InChI is InChI=1S/C20H20F2N2O5S/c21-18(22)13-29-16-2-1-3-17(12-16)30(27,28)11-9-14-4-6-15(7-5-14)24-10-8-19(25)23-20(24)26/h1-7,12,18H,8-11,13H2,(H,23,25,26). The number of hydrogen-bond donors (Lipinski definition) is 1. The Balaban J connectivity index is 1.63. The summed E-state index contributed by atoms with van der Waals surface area (Å²) >= 11 is 0. The van der Waals surface area contributed by atoms with E-state index < -0.39 is 28.9 Å². The van der Waals surface area contributed by atoms with Gasteiger partial charge in [-0.25, -0.2) is 22.0 Å². The number of benzene rings is 2.